The Balaban J connectivity index is 1.39. The zero-order valence-electron chi connectivity index (χ0n) is 25.1. The van der Waals surface area contributed by atoms with Gasteiger partial charge in [-0.15, -0.1) is 0 Å². The van der Waals surface area contributed by atoms with E-state index in [1.54, 1.807) is 19.1 Å². The highest BCUT2D eigenvalue weighted by Gasteiger charge is 2.37. The maximum Gasteiger partial charge on any atom is 0.410 e. The quantitative estimate of drug-likeness (QED) is 0.295. The van der Waals surface area contributed by atoms with Gasteiger partial charge in [0.15, 0.2) is 0 Å². The molecule has 0 saturated carbocycles. The van der Waals surface area contributed by atoms with E-state index in [1.807, 2.05) is 43.0 Å². The molecule has 0 bridgehead atoms. The smallest absolute Gasteiger partial charge is 0.410 e. The molecule has 2 aliphatic rings. The van der Waals surface area contributed by atoms with Gasteiger partial charge in [-0.25, -0.2) is 14.4 Å². The number of fused-ring (bicyclic) bond motifs is 1. The summed E-state index contributed by atoms with van der Waals surface area (Å²) >= 11 is 0. The summed E-state index contributed by atoms with van der Waals surface area (Å²) in [6.07, 6.45) is 0.188. The highest BCUT2D eigenvalue weighted by Crippen LogP contribution is 2.31. The number of esters is 1. The average Bonchev–Trinajstić information content (AvgIpc) is 3.15. The van der Waals surface area contributed by atoms with E-state index in [9.17, 15) is 19.5 Å². The number of unbranched alkanes of at least 4 members (excludes halogenated alkanes) is 1. The van der Waals surface area contributed by atoms with E-state index >= 15 is 0 Å². The number of hydrogen-bond acceptors (Lipinski definition) is 7. The van der Waals surface area contributed by atoms with Gasteiger partial charge in [-0.3, -0.25) is 0 Å². The van der Waals surface area contributed by atoms with Crippen molar-refractivity contribution < 1.29 is 33.7 Å². The molecule has 42 heavy (non-hydrogen) atoms. The molecule has 0 aromatic heterocycles. The van der Waals surface area contributed by atoms with Crippen molar-refractivity contribution in [1.82, 2.24) is 9.80 Å². The number of ether oxygens (including phenoxy) is 3. The Kier molecular flexibility index (Phi) is 10.7. The second kappa shape index (κ2) is 14.4. The summed E-state index contributed by atoms with van der Waals surface area (Å²) in [5.41, 5.74) is 4.00. The number of urea groups is 1. The van der Waals surface area contributed by atoms with E-state index < -0.39 is 24.3 Å². The summed E-state index contributed by atoms with van der Waals surface area (Å²) in [6, 6.07) is 11.1. The number of piperidine rings is 1. The number of carbonyl (C=O) groups excluding carboxylic acids is 3. The lowest BCUT2D eigenvalue weighted by Crippen LogP contribution is -2.51. The van der Waals surface area contributed by atoms with Crippen LogP contribution in [0.3, 0.4) is 0 Å². The van der Waals surface area contributed by atoms with Crippen molar-refractivity contribution in [2.24, 2.45) is 0 Å². The number of aliphatic hydroxyl groups is 1. The lowest BCUT2D eigenvalue weighted by molar-refractivity contribution is -0.160. The van der Waals surface area contributed by atoms with Crippen LogP contribution in [0.5, 0.6) is 5.75 Å². The largest absolute Gasteiger partial charge is 0.493 e. The highest BCUT2D eigenvalue weighted by molar-refractivity contribution is 5.91. The van der Waals surface area contributed by atoms with Crippen LogP contribution >= 0.6 is 0 Å². The van der Waals surface area contributed by atoms with Gasteiger partial charge < -0.3 is 34.4 Å². The fourth-order valence-corrected chi connectivity index (χ4v) is 5.62. The molecule has 2 heterocycles. The fourth-order valence-electron chi connectivity index (χ4n) is 5.62. The first-order chi connectivity index (χ1) is 20.2. The van der Waals surface area contributed by atoms with Crippen LogP contribution in [-0.2, 0) is 20.7 Å². The maximum atomic E-state index is 13.2. The second-order valence-corrected chi connectivity index (χ2v) is 10.9. The number of likely N-dealkylation sites (tertiary alicyclic amines) is 1. The SMILES string of the molecule is CCCCOc1c(C)cc(C(O)C(OC(=O)N2CCC(N3CCc4ccccc4NC3=O)CC2)C(=O)OCC)cc1C. The number of benzene rings is 2. The van der Waals surface area contributed by atoms with Crippen molar-refractivity contribution >= 4 is 23.8 Å². The molecule has 2 atom stereocenters. The summed E-state index contributed by atoms with van der Waals surface area (Å²) in [4.78, 5) is 42.4. The van der Waals surface area contributed by atoms with Crippen molar-refractivity contribution in [1.29, 1.82) is 0 Å². The number of aryl methyl sites for hydroxylation is 2. The Bertz CT molecular complexity index is 1240. The van der Waals surface area contributed by atoms with Crippen LogP contribution in [0.4, 0.5) is 15.3 Å². The summed E-state index contributed by atoms with van der Waals surface area (Å²) in [6.45, 7) is 9.48. The Morgan fingerprint density at radius 3 is 2.43 bits per heavy atom. The van der Waals surface area contributed by atoms with Gasteiger partial charge >= 0.3 is 18.1 Å². The highest BCUT2D eigenvalue weighted by atomic mass is 16.6. The van der Waals surface area contributed by atoms with Crippen molar-refractivity contribution in [2.75, 3.05) is 38.2 Å². The second-order valence-electron chi connectivity index (χ2n) is 10.9. The molecule has 2 aliphatic heterocycles. The monoisotopic (exact) mass is 581 g/mol. The molecule has 1 fully saturated rings. The summed E-state index contributed by atoms with van der Waals surface area (Å²) in [5.74, 6) is -0.0680. The molecule has 1 saturated heterocycles. The van der Waals surface area contributed by atoms with Crippen LogP contribution < -0.4 is 10.1 Å². The minimum absolute atomic E-state index is 0.0289. The lowest BCUT2D eigenvalue weighted by Gasteiger charge is -2.38. The summed E-state index contributed by atoms with van der Waals surface area (Å²) in [5, 5.41) is 14.2. The molecule has 0 spiro atoms. The first-order valence-corrected chi connectivity index (χ1v) is 14.9. The molecule has 2 aromatic rings. The molecule has 2 aromatic carbocycles. The number of hydrogen-bond donors (Lipinski definition) is 2. The minimum atomic E-state index is -1.53. The van der Waals surface area contributed by atoms with E-state index in [-0.39, 0.29) is 18.7 Å². The van der Waals surface area contributed by atoms with Gasteiger partial charge in [0.1, 0.15) is 11.9 Å². The molecule has 228 valence electrons. The van der Waals surface area contributed by atoms with Crippen LogP contribution in [0.1, 0.15) is 67.9 Å². The van der Waals surface area contributed by atoms with Crippen molar-refractivity contribution in [3.63, 3.8) is 0 Å². The predicted octanol–water partition coefficient (Wildman–Crippen LogP) is 5.14. The van der Waals surface area contributed by atoms with Crippen LogP contribution in [-0.4, -0.2) is 78.0 Å². The third kappa shape index (κ3) is 7.34. The fraction of sp³-hybridized carbons (Fsp3) is 0.531. The summed E-state index contributed by atoms with van der Waals surface area (Å²) < 4.78 is 16.7. The van der Waals surface area contributed by atoms with Gasteiger partial charge in [-0.2, -0.15) is 0 Å². The van der Waals surface area contributed by atoms with E-state index in [4.69, 9.17) is 14.2 Å². The van der Waals surface area contributed by atoms with Crippen LogP contribution in [0.2, 0.25) is 0 Å². The maximum absolute atomic E-state index is 13.2. The van der Waals surface area contributed by atoms with Gasteiger partial charge in [0.05, 0.1) is 13.2 Å². The molecule has 0 radical (unpaired) electrons. The Hall–Kier alpha value is -3.79. The number of anilines is 1. The molecule has 3 amide bonds. The topological polar surface area (TPSA) is 118 Å². The molecule has 0 aliphatic carbocycles. The number of rotatable bonds is 10. The van der Waals surface area contributed by atoms with Gasteiger partial charge in [0.2, 0.25) is 6.10 Å². The summed E-state index contributed by atoms with van der Waals surface area (Å²) in [7, 11) is 0. The van der Waals surface area contributed by atoms with Gasteiger partial charge in [-0.1, -0.05) is 31.5 Å². The van der Waals surface area contributed by atoms with Gasteiger partial charge in [0, 0.05) is 31.4 Å². The van der Waals surface area contributed by atoms with Gasteiger partial charge in [0.25, 0.3) is 0 Å². The predicted molar refractivity (Wildman–Crippen MR) is 159 cm³/mol. The number of nitrogens with one attached hydrogen (secondary N) is 1. The van der Waals surface area contributed by atoms with Crippen molar-refractivity contribution in [3.05, 3.63) is 58.7 Å². The molecular weight excluding hydrogens is 538 g/mol. The Morgan fingerprint density at radius 1 is 1.07 bits per heavy atom. The van der Waals surface area contributed by atoms with Gasteiger partial charge in [-0.05, 0) is 86.9 Å². The minimum Gasteiger partial charge on any atom is -0.493 e. The third-order valence-corrected chi connectivity index (χ3v) is 7.91. The number of carbonyl (C=O) groups is 3. The first-order valence-electron chi connectivity index (χ1n) is 14.9. The van der Waals surface area contributed by atoms with E-state index in [1.165, 1.54) is 4.90 Å². The number of para-hydroxylation sites is 1. The molecule has 10 nitrogen and oxygen atoms in total. The standard InChI is InChI=1S/C32H43N3O7/c1-5-7-18-41-28-21(3)19-24(20-22(28)4)27(36)29(30(37)40-6-2)42-32(39)34-15-13-25(14-16-34)35-17-12-23-10-8-9-11-26(23)33-31(35)38/h8-11,19-20,25,27,29,36H,5-7,12-18H2,1-4H3,(H,33,38). The lowest BCUT2D eigenvalue weighted by atomic mass is 9.98. The number of nitrogens with zero attached hydrogens (tertiary/aromatic N) is 2. The van der Waals surface area contributed by atoms with Crippen LogP contribution in [0, 0.1) is 13.8 Å². The molecule has 10 heteroatoms. The molecule has 2 unspecified atom stereocenters. The molecule has 2 N–H and O–H groups in total. The Labute approximate surface area is 247 Å². The molecular formula is C32H43N3O7. The van der Waals surface area contributed by atoms with Crippen LogP contribution in [0.25, 0.3) is 0 Å². The first kappa shape index (κ1) is 31.2. The zero-order valence-corrected chi connectivity index (χ0v) is 25.1. The molecule has 4 rings (SSSR count). The van der Waals surface area contributed by atoms with E-state index in [0.717, 1.165) is 47.4 Å². The van der Waals surface area contributed by atoms with Crippen molar-refractivity contribution in [2.45, 2.75) is 78.0 Å². The number of amides is 3. The van der Waals surface area contributed by atoms with Crippen molar-refractivity contribution in [3.8, 4) is 5.75 Å². The average molecular weight is 582 g/mol. The van der Waals surface area contributed by atoms with E-state index in [2.05, 4.69) is 12.2 Å². The Morgan fingerprint density at radius 2 is 1.76 bits per heavy atom. The van der Waals surface area contributed by atoms with Crippen LogP contribution in [0.15, 0.2) is 36.4 Å². The normalized spacial score (nSPS) is 17.0. The van der Waals surface area contributed by atoms with E-state index in [0.29, 0.717) is 44.6 Å². The third-order valence-electron chi connectivity index (χ3n) is 7.91. The number of aliphatic hydroxyl groups excluding tert-OH is 1. The zero-order chi connectivity index (χ0) is 30.2.